The molecule has 2 N–H and O–H groups in total. The van der Waals surface area contributed by atoms with Gasteiger partial charge in [-0.3, -0.25) is 4.79 Å². The monoisotopic (exact) mass is 530 g/mol. The van der Waals surface area contributed by atoms with Gasteiger partial charge in [0.2, 0.25) is 0 Å². The summed E-state index contributed by atoms with van der Waals surface area (Å²) in [5.41, 5.74) is 2.70. The van der Waals surface area contributed by atoms with E-state index in [2.05, 4.69) is 15.4 Å². The van der Waals surface area contributed by atoms with E-state index in [1.54, 1.807) is 37.3 Å². The third kappa shape index (κ3) is 6.67. The molecular weight excluding hydrogens is 505 g/mol. The summed E-state index contributed by atoms with van der Waals surface area (Å²) < 4.78 is 58.1. The fourth-order valence-corrected chi connectivity index (χ4v) is 3.90. The van der Waals surface area contributed by atoms with Gasteiger partial charge >= 0.3 is 12.5 Å². The second kappa shape index (κ2) is 11.3. The van der Waals surface area contributed by atoms with Gasteiger partial charge in [-0.1, -0.05) is 24.3 Å². The van der Waals surface area contributed by atoms with Gasteiger partial charge in [0.05, 0.1) is 0 Å². The third-order valence-electron chi connectivity index (χ3n) is 5.54. The SMILES string of the molecule is CCNC(=O)OCC1COc2cc(NC(=O)c3cccc(C)c3-c3ccc(OC(F)(F)F)cc3)ccc2O1. The molecule has 200 valence electrons. The molecule has 11 heteroatoms. The number of aryl methyl sites for hydroxylation is 1. The molecule has 38 heavy (non-hydrogen) atoms. The first-order valence-electron chi connectivity index (χ1n) is 11.7. The molecule has 0 bridgehead atoms. The summed E-state index contributed by atoms with van der Waals surface area (Å²) in [7, 11) is 0. The van der Waals surface area contributed by atoms with Gasteiger partial charge in [-0.25, -0.2) is 4.79 Å². The first-order chi connectivity index (χ1) is 18.1. The summed E-state index contributed by atoms with van der Waals surface area (Å²) in [4.78, 5) is 24.7. The van der Waals surface area contributed by atoms with E-state index in [-0.39, 0.29) is 19.0 Å². The van der Waals surface area contributed by atoms with Crippen LogP contribution in [0.15, 0.2) is 60.7 Å². The first kappa shape index (κ1) is 26.6. The number of halogens is 3. The molecule has 2 amide bonds. The van der Waals surface area contributed by atoms with Crippen molar-refractivity contribution in [3.8, 4) is 28.4 Å². The number of anilines is 1. The van der Waals surface area contributed by atoms with E-state index in [1.807, 2.05) is 13.0 Å². The van der Waals surface area contributed by atoms with Crippen molar-refractivity contribution in [2.75, 3.05) is 25.1 Å². The van der Waals surface area contributed by atoms with Gasteiger partial charge < -0.3 is 29.6 Å². The molecule has 0 fully saturated rings. The Hall–Kier alpha value is -4.41. The lowest BCUT2D eigenvalue weighted by atomic mass is 9.94. The molecule has 0 aliphatic carbocycles. The normalized spacial score (nSPS) is 14.4. The number of hydrogen-bond donors (Lipinski definition) is 2. The van der Waals surface area contributed by atoms with Crippen molar-refractivity contribution < 1.29 is 41.7 Å². The van der Waals surface area contributed by atoms with Crippen molar-refractivity contribution in [1.29, 1.82) is 0 Å². The molecule has 0 radical (unpaired) electrons. The highest BCUT2D eigenvalue weighted by atomic mass is 19.4. The zero-order valence-electron chi connectivity index (χ0n) is 20.6. The fourth-order valence-electron chi connectivity index (χ4n) is 3.90. The molecule has 4 rings (SSSR count). The summed E-state index contributed by atoms with van der Waals surface area (Å²) in [6, 6.07) is 15.4. The first-order valence-corrected chi connectivity index (χ1v) is 11.7. The average molecular weight is 530 g/mol. The molecular formula is C27H25F3N2O6. The molecule has 8 nitrogen and oxygen atoms in total. The number of alkyl halides is 3. The molecule has 0 aromatic heterocycles. The van der Waals surface area contributed by atoms with E-state index in [4.69, 9.17) is 14.2 Å². The van der Waals surface area contributed by atoms with Gasteiger partial charge in [-0.15, -0.1) is 13.2 Å². The highest BCUT2D eigenvalue weighted by Gasteiger charge is 2.31. The van der Waals surface area contributed by atoms with Gasteiger partial charge in [-0.2, -0.15) is 0 Å². The molecule has 1 aliphatic heterocycles. The molecule has 0 saturated carbocycles. The largest absolute Gasteiger partial charge is 0.573 e. The molecule has 1 atom stereocenters. The van der Waals surface area contributed by atoms with Crippen LogP contribution in [0.3, 0.4) is 0 Å². The van der Waals surface area contributed by atoms with Crippen molar-refractivity contribution in [2.45, 2.75) is 26.3 Å². The van der Waals surface area contributed by atoms with Crippen LogP contribution in [0.5, 0.6) is 17.2 Å². The predicted molar refractivity (Wildman–Crippen MR) is 133 cm³/mol. The quantitative estimate of drug-likeness (QED) is 0.407. The van der Waals surface area contributed by atoms with Crippen LogP contribution in [0.2, 0.25) is 0 Å². The lowest BCUT2D eigenvalue weighted by molar-refractivity contribution is -0.274. The summed E-state index contributed by atoms with van der Waals surface area (Å²) >= 11 is 0. The van der Waals surface area contributed by atoms with Crippen LogP contribution in [-0.4, -0.2) is 44.2 Å². The molecule has 0 saturated heterocycles. The summed E-state index contributed by atoms with van der Waals surface area (Å²) in [6.07, 6.45) is -5.81. The molecule has 3 aromatic rings. The van der Waals surface area contributed by atoms with Crippen LogP contribution >= 0.6 is 0 Å². The molecule has 1 unspecified atom stereocenters. The Kier molecular flexibility index (Phi) is 7.94. The molecule has 1 heterocycles. The van der Waals surface area contributed by atoms with Crippen LogP contribution in [0.1, 0.15) is 22.8 Å². The summed E-state index contributed by atoms with van der Waals surface area (Å²) in [5.74, 6) is 0.0947. The van der Waals surface area contributed by atoms with E-state index in [1.165, 1.54) is 24.3 Å². The van der Waals surface area contributed by atoms with E-state index < -0.39 is 24.5 Å². The third-order valence-corrected chi connectivity index (χ3v) is 5.54. The molecule has 0 spiro atoms. The molecule has 3 aromatic carbocycles. The van der Waals surface area contributed by atoms with E-state index in [0.29, 0.717) is 40.4 Å². The number of benzene rings is 3. The summed E-state index contributed by atoms with van der Waals surface area (Å²) in [6.45, 7) is 4.21. The topological polar surface area (TPSA) is 95.1 Å². The Bertz CT molecular complexity index is 1310. The molecule has 1 aliphatic rings. The standard InChI is InChI=1S/C27H25F3N2O6/c1-3-31-26(34)36-15-20-14-35-23-13-18(9-12-22(23)37-20)32-25(33)21-6-4-5-16(2)24(21)17-7-10-19(11-8-17)38-27(28,29)30/h4-13,20H,3,14-15H2,1-2H3,(H,31,34)(H,32,33). The highest BCUT2D eigenvalue weighted by Crippen LogP contribution is 2.35. The van der Waals surface area contributed by atoms with Crippen LogP contribution in [-0.2, 0) is 4.74 Å². The zero-order chi connectivity index (χ0) is 27.3. The van der Waals surface area contributed by atoms with Crippen molar-refractivity contribution in [3.63, 3.8) is 0 Å². The van der Waals surface area contributed by atoms with Gasteiger partial charge in [0, 0.05) is 23.9 Å². The van der Waals surface area contributed by atoms with Crippen LogP contribution in [0, 0.1) is 6.92 Å². The second-order valence-electron chi connectivity index (χ2n) is 8.36. The number of ether oxygens (including phenoxy) is 4. The van der Waals surface area contributed by atoms with Crippen LogP contribution in [0.25, 0.3) is 11.1 Å². The van der Waals surface area contributed by atoms with Crippen molar-refractivity contribution >= 4 is 17.7 Å². The van der Waals surface area contributed by atoms with Gasteiger partial charge in [-0.05, 0) is 60.9 Å². The second-order valence-corrected chi connectivity index (χ2v) is 8.36. The van der Waals surface area contributed by atoms with Crippen molar-refractivity contribution in [1.82, 2.24) is 5.32 Å². The van der Waals surface area contributed by atoms with Gasteiger partial charge in [0.15, 0.2) is 17.6 Å². The van der Waals surface area contributed by atoms with E-state index in [9.17, 15) is 22.8 Å². The van der Waals surface area contributed by atoms with Crippen LogP contribution < -0.4 is 24.8 Å². The van der Waals surface area contributed by atoms with Gasteiger partial charge in [0.1, 0.15) is 19.0 Å². The zero-order valence-corrected chi connectivity index (χ0v) is 20.6. The minimum atomic E-state index is -4.79. The number of rotatable bonds is 7. The minimum absolute atomic E-state index is 0.0171. The summed E-state index contributed by atoms with van der Waals surface area (Å²) in [5, 5.41) is 5.36. The lowest BCUT2D eigenvalue weighted by Gasteiger charge is -2.26. The Morgan fingerprint density at radius 3 is 2.53 bits per heavy atom. The maximum absolute atomic E-state index is 13.2. The Labute approximate surface area is 216 Å². The number of fused-ring (bicyclic) bond motifs is 1. The number of hydrogen-bond acceptors (Lipinski definition) is 6. The number of carbonyl (C=O) groups is 2. The number of carbonyl (C=O) groups excluding carboxylic acids is 2. The maximum atomic E-state index is 13.2. The van der Waals surface area contributed by atoms with Crippen LogP contribution in [0.4, 0.5) is 23.7 Å². The minimum Gasteiger partial charge on any atom is -0.486 e. The highest BCUT2D eigenvalue weighted by molar-refractivity contribution is 6.09. The van der Waals surface area contributed by atoms with Gasteiger partial charge in [0.25, 0.3) is 5.91 Å². The average Bonchev–Trinajstić information content (AvgIpc) is 2.87. The Balaban J connectivity index is 1.47. The lowest BCUT2D eigenvalue weighted by Crippen LogP contribution is -2.36. The van der Waals surface area contributed by atoms with Crippen molar-refractivity contribution in [3.05, 3.63) is 71.8 Å². The smallest absolute Gasteiger partial charge is 0.486 e. The number of alkyl carbamates (subject to hydrolysis) is 1. The Morgan fingerprint density at radius 2 is 1.82 bits per heavy atom. The van der Waals surface area contributed by atoms with Crippen molar-refractivity contribution in [2.24, 2.45) is 0 Å². The van der Waals surface area contributed by atoms with E-state index in [0.717, 1.165) is 5.56 Å². The predicted octanol–water partition coefficient (Wildman–Crippen LogP) is 5.70. The maximum Gasteiger partial charge on any atom is 0.573 e. The number of nitrogens with one attached hydrogen (secondary N) is 2. The van der Waals surface area contributed by atoms with E-state index >= 15 is 0 Å². The Morgan fingerprint density at radius 1 is 1.05 bits per heavy atom. The fraction of sp³-hybridized carbons (Fsp3) is 0.259. The number of amides is 2.